The Balaban J connectivity index is 2.47. The highest BCUT2D eigenvalue weighted by Gasteiger charge is 2.27. The fourth-order valence-corrected chi connectivity index (χ4v) is 1.98. The molecule has 0 aliphatic heterocycles. The molecule has 1 atom stereocenters. The van der Waals surface area contributed by atoms with Crippen LogP contribution in [0.1, 0.15) is 52.0 Å². The lowest BCUT2D eigenvalue weighted by Gasteiger charge is -2.23. The quantitative estimate of drug-likeness (QED) is 0.778. The first-order valence-electron chi connectivity index (χ1n) is 6.57. The smallest absolute Gasteiger partial charge is 0.127 e. The van der Waals surface area contributed by atoms with E-state index in [0.29, 0.717) is 5.82 Å². The number of hydrogen-bond donors (Lipinski definition) is 3. The molecule has 104 valence electrons. The Labute approximate surface area is 114 Å². The van der Waals surface area contributed by atoms with Crippen molar-refractivity contribution in [2.45, 2.75) is 51.7 Å². The summed E-state index contributed by atoms with van der Waals surface area (Å²) >= 11 is 0. The molecule has 1 heterocycles. The van der Waals surface area contributed by atoms with Gasteiger partial charge in [-0.05, 0) is 37.0 Å². The lowest BCUT2D eigenvalue weighted by Crippen LogP contribution is -2.35. The SMILES string of the molecule is CC(C)(C)c1ccc2nc(C(N)C(C)(C)O)[nH]c2c1. The normalized spacial score (nSPS) is 14.9. The van der Waals surface area contributed by atoms with Crippen molar-refractivity contribution in [3.05, 3.63) is 29.6 Å². The van der Waals surface area contributed by atoms with Crippen LogP contribution >= 0.6 is 0 Å². The Morgan fingerprint density at radius 2 is 1.84 bits per heavy atom. The predicted molar refractivity (Wildman–Crippen MR) is 78.0 cm³/mol. The maximum absolute atomic E-state index is 9.96. The highest BCUT2D eigenvalue weighted by Crippen LogP contribution is 2.27. The molecule has 4 N–H and O–H groups in total. The average Bonchev–Trinajstić information content (AvgIpc) is 2.67. The molecule has 0 saturated heterocycles. The number of H-pyrrole nitrogens is 1. The van der Waals surface area contributed by atoms with Gasteiger partial charge in [-0.1, -0.05) is 26.8 Å². The molecule has 2 rings (SSSR count). The summed E-state index contributed by atoms with van der Waals surface area (Å²) in [4.78, 5) is 7.68. The number of aliphatic hydroxyl groups is 1. The second kappa shape index (κ2) is 4.32. The molecule has 0 spiro atoms. The third-order valence-electron chi connectivity index (χ3n) is 3.42. The van der Waals surface area contributed by atoms with E-state index in [9.17, 15) is 5.11 Å². The second-order valence-corrected chi connectivity index (χ2v) is 6.74. The molecule has 19 heavy (non-hydrogen) atoms. The minimum atomic E-state index is -0.999. The molecule has 0 bridgehead atoms. The third kappa shape index (κ3) is 2.80. The molecule has 0 saturated carbocycles. The Morgan fingerprint density at radius 1 is 1.21 bits per heavy atom. The monoisotopic (exact) mass is 261 g/mol. The number of nitrogens with one attached hydrogen (secondary N) is 1. The van der Waals surface area contributed by atoms with Gasteiger partial charge < -0.3 is 15.8 Å². The largest absolute Gasteiger partial charge is 0.388 e. The molecule has 1 aromatic heterocycles. The number of aromatic nitrogens is 2. The van der Waals surface area contributed by atoms with Crippen LogP contribution in [0.25, 0.3) is 11.0 Å². The van der Waals surface area contributed by atoms with Gasteiger partial charge in [0, 0.05) is 0 Å². The van der Waals surface area contributed by atoms with Crippen molar-refractivity contribution in [3.63, 3.8) is 0 Å². The summed E-state index contributed by atoms with van der Waals surface area (Å²) < 4.78 is 0. The molecule has 1 unspecified atom stereocenters. The van der Waals surface area contributed by atoms with Crippen LogP contribution in [0.2, 0.25) is 0 Å². The number of aromatic amines is 1. The maximum Gasteiger partial charge on any atom is 0.127 e. The molecule has 0 aliphatic carbocycles. The van der Waals surface area contributed by atoms with Crippen molar-refractivity contribution < 1.29 is 5.11 Å². The van der Waals surface area contributed by atoms with Gasteiger partial charge in [0.2, 0.25) is 0 Å². The summed E-state index contributed by atoms with van der Waals surface area (Å²) in [5.41, 5.74) is 8.19. The lowest BCUT2D eigenvalue weighted by atomic mass is 9.87. The van der Waals surface area contributed by atoms with E-state index in [4.69, 9.17) is 5.73 Å². The van der Waals surface area contributed by atoms with Gasteiger partial charge in [0.05, 0.1) is 22.7 Å². The predicted octanol–water partition coefficient (Wildman–Crippen LogP) is 2.63. The zero-order valence-corrected chi connectivity index (χ0v) is 12.3. The molecule has 0 aliphatic rings. The highest BCUT2D eigenvalue weighted by molar-refractivity contribution is 5.76. The van der Waals surface area contributed by atoms with Crippen molar-refractivity contribution in [1.82, 2.24) is 9.97 Å². The van der Waals surface area contributed by atoms with Crippen LogP contribution < -0.4 is 5.73 Å². The molecule has 2 aromatic rings. The van der Waals surface area contributed by atoms with E-state index in [2.05, 4.69) is 42.9 Å². The summed E-state index contributed by atoms with van der Waals surface area (Å²) in [6, 6.07) is 5.65. The Bertz CT molecular complexity index is 587. The van der Waals surface area contributed by atoms with Gasteiger partial charge in [-0.2, -0.15) is 0 Å². The van der Waals surface area contributed by atoms with Gasteiger partial charge in [-0.25, -0.2) is 4.98 Å². The number of nitrogens with zero attached hydrogens (tertiary/aromatic N) is 1. The maximum atomic E-state index is 9.96. The average molecular weight is 261 g/mol. The van der Waals surface area contributed by atoms with Gasteiger partial charge in [-0.15, -0.1) is 0 Å². The molecule has 0 fully saturated rings. The van der Waals surface area contributed by atoms with Crippen LogP contribution in [-0.2, 0) is 5.41 Å². The first kappa shape index (κ1) is 14.0. The minimum Gasteiger partial charge on any atom is -0.388 e. The summed E-state index contributed by atoms with van der Waals surface area (Å²) in [7, 11) is 0. The van der Waals surface area contributed by atoms with Gasteiger partial charge >= 0.3 is 0 Å². The summed E-state index contributed by atoms with van der Waals surface area (Å²) in [6.45, 7) is 9.90. The van der Waals surface area contributed by atoms with Crippen LogP contribution in [0.15, 0.2) is 18.2 Å². The number of benzene rings is 1. The number of rotatable bonds is 2. The van der Waals surface area contributed by atoms with Crippen LogP contribution in [0.5, 0.6) is 0 Å². The first-order valence-corrected chi connectivity index (χ1v) is 6.57. The summed E-state index contributed by atoms with van der Waals surface area (Å²) in [6.07, 6.45) is 0. The van der Waals surface area contributed by atoms with Crippen molar-refractivity contribution in [1.29, 1.82) is 0 Å². The van der Waals surface area contributed by atoms with Crippen molar-refractivity contribution in [2.75, 3.05) is 0 Å². The fourth-order valence-electron chi connectivity index (χ4n) is 1.98. The van der Waals surface area contributed by atoms with Crippen molar-refractivity contribution >= 4 is 11.0 Å². The number of nitrogens with two attached hydrogens (primary N) is 1. The van der Waals surface area contributed by atoms with E-state index < -0.39 is 11.6 Å². The van der Waals surface area contributed by atoms with E-state index in [0.717, 1.165) is 11.0 Å². The Morgan fingerprint density at radius 3 is 2.37 bits per heavy atom. The Hall–Kier alpha value is -1.39. The zero-order chi connectivity index (χ0) is 14.4. The topological polar surface area (TPSA) is 74.9 Å². The van der Waals surface area contributed by atoms with E-state index in [1.807, 2.05) is 6.07 Å². The summed E-state index contributed by atoms with van der Waals surface area (Å²) in [5.74, 6) is 0.619. The van der Waals surface area contributed by atoms with Crippen LogP contribution in [0.4, 0.5) is 0 Å². The molecule has 4 heteroatoms. The molecular weight excluding hydrogens is 238 g/mol. The molecule has 0 amide bonds. The Kier molecular flexibility index (Phi) is 3.19. The molecular formula is C15H23N3O. The number of fused-ring (bicyclic) bond motifs is 1. The van der Waals surface area contributed by atoms with Crippen LogP contribution in [-0.4, -0.2) is 20.7 Å². The van der Waals surface area contributed by atoms with Gasteiger partial charge in [0.15, 0.2) is 0 Å². The molecule has 0 radical (unpaired) electrons. The number of hydrogen-bond acceptors (Lipinski definition) is 3. The van der Waals surface area contributed by atoms with Crippen molar-refractivity contribution in [3.8, 4) is 0 Å². The van der Waals surface area contributed by atoms with Crippen molar-refractivity contribution in [2.24, 2.45) is 5.73 Å². The minimum absolute atomic E-state index is 0.0951. The van der Waals surface area contributed by atoms with Crippen LogP contribution in [0.3, 0.4) is 0 Å². The van der Waals surface area contributed by atoms with Gasteiger partial charge in [-0.3, -0.25) is 0 Å². The molecule has 4 nitrogen and oxygen atoms in total. The molecule has 1 aromatic carbocycles. The van der Waals surface area contributed by atoms with E-state index in [-0.39, 0.29) is 5.41 Å². The lowest BCUT2D eigenvalue weighted by molar-refractivity contribution is 0.0492. The zero-order valence-electron chi connectivity index (χ0n) is 12.3. The first-order chi connectivity index (χ1) is 8.59. The summed E-state index contributed by atoms with van der Waals surface area (Å²) in [5, 5.41) is 9.96. The second-order valence-electron chi connectivity index (χ2n) is 6.74. The van der Waals surface area contributed by atoms with Crippen LogP contribution in [0, 0.1) is 0 Å². The van der Waals surface area contributed by atoms with Gasteiger partial charge in [0.1, 0.15) is 5.82 Å². The van der Waals surface area contributed by atoms with E-state index in [1.54, 1.807) is 13.8 Å². The van der Waals surface area contributed by atoms with E-state index in [1.165, 1.54) is 5.56 Å². The standard InChI is InChI=1S/C15H23N3O/c1-14(2,3)9-6-7-10-11(8-9)18-13(17-10)12(16)15(4,5)19/h6-8,12,19H,16H2,1-5H3,(H,17,18). The van der Waals surface area contributed by atoms with E-state index >= 15 is 0 Å². The highest BCUT2D eigenvalue weighted by atomic mass is 16.3. The van der Waals surface area contributed by atoms with Gasteiger partial charge in [0.25, 0.3) is 0 Å². The third-order valence-corrected chi connectivity index (χ3v) is 3.42. The fraction of sp³-hybridized carbons (Fsp3) is 0.533. The number of imidazole rings is 1.